The Kier molecular flexibility index (Phi) is 3.60. The number of hydrogen-bond acceptors (Lipinski definition) is 2. The van der Waals surface area contributed by atoms with Crippen LogP contribution in [-0.2, 0) is 0 Å². The molecule has 1 aromatic carbocycles. The average molecular weight is 233 g/mol. The molecule has 2 nitrogen and oxygen atoms in total. The zero-order chi connectivity index (χ0) is 12.5. The quantitative estimate of drug-likeness (QED) is 0.785. The van der Waals surface area contributed by atoms with Crippen LogP contribution in [0.4, 0.5) is 13.2 Å². The third kappa shape index (κ3) is 2.36. The predicted molar refractivity (Wildman–Crippen MR) is 54.1 cm³/mol. The maximum absolute atomic E-state index is 13.4. The van der Waals surface area contributed by atoms with Crippen molar-refractivity contribution in [2.75, 3.05) is 6.61 Å². The molecule has 0 heterocycles. The van der Waals surface area contributed by atoms with Crippen LogP contribution in [0, 0.1) is 22.9 Å². The summed E-state index contributed by atoms with van der Waals surface area (Å²) >= 11 is 0. The Morgan fingerprint density at radius 1 is 1.19 bits per heavy atom. The highest BCUT2D eigenvalue weighted by Gasteiger charge is 2.29. The van der Waals surface area contributed by atoms with Gasteiger partial charge in [0, 0.05) is 29.7 Å². The summed E-state index contributed by atoms with van der Waals surface area (Å²) in [5.41, 5.74) is 4.76. The predicted octanol–water partition coefficient (Wildman–Crippen LogP) is 2.12. The van der Waals surface area contributed by atoms with Crippen LogP contribution in [0.25, 0.3) is 0 Å². The standard InChI is InChI=1S/C11H14F3NO/c1-11(2,5-16)10(15)6-3-8(13)9(14)4-7(6)12/h3-4,10,16H,5,15H2,1-2H3/t10-/m1/s1. The van der Waals surface area contributed by atoms with Gasteiger partial charge < -0.3 is 10.8 Å². The summed E-state index contributed by atoms with van der Waals surface area (Å²) in [6.45, 7) is 2.93. The summed E-state index contributed by atoms with van der Waals surface area (Å²) < 4.78 is 39.0. The van der Waals surface area contributed by atoms with Crippen LogP contribution < -0.4 is 5.73 Å². The van der Waals surface area contributed by atoms with E-state index in [1.165, 1.54) is 0 Å². The van der Waals surface area contributed by atoms with E-state index in [1.807, 2.05) is 0 Å². The van der Waals surface area contributed by atoms with E-state index in [0.29, 0.717) is 6.07 Å². The second kappa shape index (κ2) is 4.43. The zero-order valence-electron chi connectivity index (χ0n) is 9.10. The first-order chi connectivity index (χ1) is 7.29. The SMILES string of the molecule is CC(C)(CO)[C@H](N)c1cc(F)c(F)cc1F. The molecule has 3 N–H and O–H groups in total. The van der Waals surface area contributed by atoms with Crippen molar-refractivity contribution in [2.45, 2.75) is 19.9 Å². The first kappa shape index (κ1) is 13.0. The summed E-state index contributed by atoms with van der Waals surface area (Å²) in [5.74, 6) is -3.32. The van der Waals surface area contributed by atoms with Crippen molar-refractivity contribution in [1.29, 1.82) is 0 Å². The van der Waals surface area contributed by atoms with E-state index in [4.69, 9.17) is 10.8 Å². The first-order valence-electron chi connectivity index (χ1n) is 4.80. The van der Waals surface area contributed by atoms with Gasteiger partial charge in [-0.2, -0.15) is 0 Å². The van der Waals surface area contributed by atoms with E-state index in [9.17, 15) is 13.2 Å². The van der Waals surface area contributed by atoms with E-state index >= 15 is 0 Å². The Morgan fingerprint density at radius 2 is 1.69 bits per heavy atom. The fraction of sp³-hybridized carbons (Fsp3) is 0.455. The fourth-order valence-corrected chi connectivity index (χ4v) is 1.30. The highest BCUT2D eigenvalue weighted by molar-refractivity contribution is 5.24. The number of halogens is 3. The molecular formula is C11H14F3NO. The summed E-state index contributed by atoms with van der Waals surface area (Å²) in [7, 11) is 0. The van der Waals surface area contributed by atoms with Crippen molar-refractivity contribution in [3.05, 3.63) is 35.1 Å². The topological polar surface area (TPSA) is 46.2 Å². The van der Waals surface area contributed by atoms with Gasteiger partial charge in [0.2, 0.25) is 0 Å². The molecule has 5 heteroatoms. The minimum atomic E-state index is -1.25. The van der Waals surface area contributed by atoms with Gasteiger partial charge in [0.25, 0.3) is 0 Å². The summed E-state index contributed by atoms with van der Waals surface area (Å²) in [6.07, 6.45) is 0. The smallest absolute Gasteiger partial charge is 0.161 e. The van der Waals surface area contributed by atoms with Crippen LogP contribution in [0.1, 0.15) is 25.5 Å². The summed E-state index contributed by atoms with van der Waals surface area (Å²) in [5, 5.41) is 9.07. The minimum absolute atomic E-state index is 0.141. The fourth-order valence-electron chi connectivity index (χ4n) is 1.30. The molecule has 16 heavy (non-hydrogen) atoms. The molecule has 0 saturated carbocycles. The number of aliphatic hydroxyl groups is 1. The first-order valence-corrected chi connectivity index (χ1v) is 4.80. The lowest BCUT2D eigenvalue weighted by atomic mass is 9.81. The van der Waals surface area contributed by atoms with Gasteiger partial charge in [-0.25, -0.2) is 13.2 Å². The number of nitrogens with two attached hydrogens (primary N) is 1. The monoisotopic (exact) mass is 233 g/mol. The molecule has 0 aliphatic rings. The Morgan fingerprint density at radius 3 is 2.19 bits per heavy atom. The van der Waals surface area contributed by atoms with Crippen molar-refractivity contribution in [3.63, 3.8) is 0 Å². The number of benzene rings is 1. The second-order valence-corrected chi connectivity index (χ2v) is 4.41. The van der Waals surface area contributed by atoms with Crippen molar-refractivity contribution >= 4 is 0 Å². The van der Waals surface area contributed by atoms with Crippen molar-refractivity contribution < 1.29 is 18.3 Å². The van der Waals surface area contributed by atoms with Gasteiger partial charge in [-0.1, -0.05) is 13.8 Å². The van der Waals surface area contributed by atoms with Gasteiger partial charge in [0.1, 0.15) is 5.82 Å². The van der Waals surface area contributed by atoms with Crippen LogP contribution in [-0.4, -0.2) is 11.7 Å². The molecular weight excluding hydrogens is 219 g/mol. The molecule has 0 aromatic heterocycles. The largest absolute Gasteiger partial charge is 0.396 e. The van der Waals surface area contributed by atoms with Gasteiger partial charge in [0.15, 0.2) is 11.6 Å². The molecule has 0 radical (unpaired) electrons. The molecule has 1 atom stereocenters. The number of aliphatic hydroxyl groups excluding tert-OH is 1. The summed E-state index contributed by atoms with van der Waals surface area (Å²) in [6, 6.07) is 0.276. The van der Waals surface area contributed by atoms with Crippen LogP contribution in [0.15, 0.2) is 12.1 Å². The maximum atomic E-state index is 13.4. The van der Waals surface area contributed by atoms with Crippen LogP contribution >= 0.6 is 0 Å². The Labute approximate surface area is 91.9 Å². The maximum Gasteiger partial charge on any atom is 0.161 e. The second-order valence-electron chi connectivity index (χ2n) is 4.41. The molecule has 0 saturated heterocycles. The molecule has 0 spiro atoms. The molecule has 0 amide bonds. The molecule has 0 unspecified atom stereocenters. The van der Waals surface area contributed by atoms with E-state index in [0.717, 1.165) is 6.07 Å². The number of rotatable bonds is 3. The van der Waals surface area contributed by atoms with E-state index in [1.54, 1.807) is 13.8 Å². The zero-order valence-corrected chi connectivity index (χ0v) is 9.10. The highest BCUT2D eigenvalue weighted by Crippen LogP contribution is 2.32. The lowest BCUT2D eigenvalue weighted by molar-refractivity contribution is 0.130. The van der Waals surface area contributed by atoms with Crippen molar-refractivity contribution in [2.24, 2.45) is 11.1 Å². The molecule has 0 aliphatic carbocycles. The van der Waals surface area contributed by atoms with E-state index in [-0.39, 0.29) is 12.2 Å². The average Bonchev–Trinajstić information content (AvgIpc) is 2.22. The lowest BCUT2D eigenvalue weighted by Gasteiger charge is -2.30. The van der Waals surface area contributed by atoms with Gasteiger partial charge >= 0.3 is 0 Å². The van der Waals surface area contributed by atoms with Crippen molar-refractivity contribution in [1.82, 2.24) is 0 Å². The molecule has 0 fully saturated rings. The van der Waals surface area contributed by atoms with E-state index in [2.05, 4.69) is 0 Å². The Balaban J connectivity index is 3.19. The lowest BCUT2D eigenvalue weighted by Crippen LogP contribution is -2.33. The Hall–Kier alpha value is -1.07. The van der Waals surface area contributed by atoms with Gasteiger partial charge in [-0.15, -0.1) is 0 Å². The van der Waals surface area contributed by atoms with Crippen molar-refractivity contribution in [3.8, 4) is 0 Å². The van der Waals surface area contributed by atoms with Crippen LogP contribution in [0.2, 0.25) is 0 Å². The molecule has 1 aromatic rings. The third-order valence-corrected chi connectivity index (χ3v) is 2.62. The Bertz CT molecular complexity index is 393. The number of hydrogen-bond donors (Lipinski definition) is 2. The van der Waals surface area contributed by atoms with Gasteiger partial charge in [-0.05, 0) is 6.07 Å². The minimum Gasteiger partial charge on any atom is -0.396 e. The van der Waals surface area contributed by atoms with Gasteiger partial charge in [-0.3, -0.25) is 0 Å². The van der Waals surface area contributed by atoms with E-state index < -0.39 is 28.9 Å². The summed E-state index contributed by atoms with van der Waals surface area (Å²) in [4.78, 5) is 0. The van der Waals surface area contributed by atoms with Crippen LogP contribution in [0.3, 0.4) is 0 Å². The normalized spacial score (nSPS) is 13.9. The molecule has 0 aliphatic heterocycles. The molecule has 1 rings (SSSR count). The van der Waals surface area contributed by atoms with Gasteiger partial charge in [0.05, 0.1) is 0 Å². The third-order valence-electron chi connectivity index (χ3n) is 2.62. The van der Waals surface area contributed by atoms with Crippen LogP contribution in [0.5, 0.6) is 0 Å². The molecule has 90 valence electrons. The highest BCUT2D eigenvalue weighted by atomic mass is 19.2. The molecule has 0 bridgehead atoms.